The summed E-state index contributed by atoms with van der Waals surface area (Å²) in [7, 11) is 3.27. The topological polar surface area (TPSA) is 107 Å². The molecule has 1 aliphatic heterocycles. The fourth-order valence-electron chi connectivity index (χ4n) is 6.14. The van der Waals surface area contributed by atoms with Crippen LogP contribution in [0.1, 0.15) is 60.1 Å². The molecular weight excluding hydrogens is 620 g/mol. The Balaban J connectivity index is 1.19. The van der Waals surface area contributed by atoms with Crippen molar-refractivity contribution in [2.24, 2.45) is 5.92 Å². The van der Waals surface area contributed by atoms with E-state index in [4.69, 9.17) is 18.9 Å². The Hall–Kier alpha value is -4.86. The average molecular weight is 667 g/mol. The highest BCUT2D eigenvalue weighted by atomic mass is 16.5. The minimum absolute atomic E-state index is 0.00505. The Morgan fingerprint density at radius 3 is 1.94 bits per heavy atom. The molecule has 1 saturated heterocycles. The standard InChI is InChI=1S/C40H46N2O7/c1-46-33-21-17-31(18-22-33)38(32-19-23-34(47-2)24-20-32)49-39(30-14-8-4-9-15-30)35-26-42(27-36(35)43)37(44)16-10-5-11-25-41-40(45)48-28-29-12-6-3-7-13-29/h3-4,6-9,12-15,17-24,35-36,38-39,43H,5,10-11,16,25-28H2,1-2H3,(H,41,45). The van der Waals surface area contributed by atoms with Crippen molar-refractivity contribution in [1.29, 1.82) is 0 Å². The number of methoxy groups -OCH3 is 2. The van der Waals surface area contributed by atoms with Crippen molar-refractivity contribution >= 4 is 12.0 Å². The minimum atomic E-state index is -0.757. The molecule has 0 bridgehead atoms. The summed E-state index contributed by atoms with van der Waals surface area (Å²) in [5.74, 6) is 1.16. The van der Waals surface area contributed by atoms with E-state index >= 15 is 0 Å². The lowest BCUT2D eigenvalue weighted by Crippen LogP contribution is -2.30. The zero-order valence-electron chi connectivity index (χ0n) is 28.2. The van der Waals surface area contributed by atoms with Crippen LogP contribution < -0.4 is 14.8 Å². The number of hydrogen-bond acceptors (Lipinski definition) is 7. The van der Waals surface area contributed by atoms with E-state index < -0.39 is 24.4 Å². The Labute approximate surface area is 288 Å². The van der Waals surface area contributed by atoms with Gasteiger partial charge in [-0.1, -0.05) is 91.3 Å². The van der Waals surface area contributed by atoms with Gasteiger partial charge in [-0.2, -0.15) is 0 Å². The Morgan fingerprint density at radius 1 is 0.755 bits per heavy atom. The van der Waals surface area contributed by atoms with Crippen LogP contribution in [0.15, 0.2) is 109 Å². The van der Waals surface area contributed by atoms with Gasteiger partial charge in [-0.25, -0.2) is 4.79 Å². The summed E-state index contributed by atoms with van der Waals surface area (Å²) in [5, 5.41) is 14.2. The molecule has 3 unspecified atom stereocenters. The van der Waals surface area contributed by atoms with Crippen molar-refractivity contribution < 1.29 is 33.6 Å². The number of likely N-dealkylation sites (tertiary alicyclic amines) is 1. The summed E-state index contributed by atoms with van der Waals surface area (Å²) in [6.07, 6.45) is 0.425. The number of rotatable bonds is 16. The third kappa shape index (κ3) is 10.1. The molecule has 4 aromatic rings. The Kier molecular flexibility index (Phi) is 13.1. The number of nitrogens with zero attached hydrogens (tertiary/aromatic N) is 1. The van der Waals surface area contributed by atoms with Gasteiger partial charge in [0.05, 0.1) is 26.4 Å². The molecule has 0 aromatic heterocycles. The molecule has 9 nitrogen and oxygen atoms in total. The number of carbonyl (C=O) groups is 2. The first-order chi connectivity index (χ1) is 23.9. The van der Waals surface area contributed by atoms with Crippen LogP contribution in [0.25, 0.3) is 0 Å². The molecule has 4 aromatic carbocycles. The second kappa shape index (κ2) is 18.1. The highest BCUT2D eigenvalue weighted by Gasteiger charge is 2.41. The van der Waals surface area contributed by atoms with E-state index in [1.165, 1.54) is 0 Å². The van der Waals surface area contributed by atoms with Crippen molar-refractivity contribution in [3.8, 4) is 11.5 Å². The maximum absolute atomic E-state index is 13.3. The summed E-state index contributed by atoms with van der Waals surface area (Å²) in [4.78, 5) is 27.0. The fourth-order valence-corrected chi connectivity index (χ4v) is 6.14. The minimum Gasteiger partial charge on any atom is -0.497 e. The van der Waals surface area contributed by atoms with Crippen LogP contribution in [-0.2, 0) is 20.9 Å². The number of benzene rings is 4. The fraction of sp³-hybridized carbons (Fsp3) is 0.350. The van der Waals surface area contributed by atoms with Gasteiger partial charge in [0.2, 0.25) is 5.91 Å². The zero-order valence-corrected chi connectivity index (χ0v) is 28.2. The van der Waals surface area contributed by atoms with Gasteiger partial charge >= 0.3 is 6.09 Å². The number of β-amino-alcohol motifs (C(OH)–C–C–N with tert-alkyl or cyclic N) is 1. The van der Waals surface area contributed by atoms with Crippen LogP contribution >= 0.6 is 0 Å². The summed E-state index contributed by atoms with van der Waals surface area (Å²) in [6.45, 7) is 1.34. The maximum atomic E-state index is 13.3. The molecule has 49 heavy (non-hydrogen) atoms. The van der Waals surface area contributed by atoms with Gasteiger partial charge in [0.25, 0.3) is 0 Å². The molecule has 0 spiro atoms. The molecule has 9 heteroatoms. The van der Waals surface area contributed by atoms with E-state index in [0.29, 0.717) is 25.9 Å². The maximum Gasteiger partial charge on any atom is 0.407 e. The molecule has 2 amide bonds. The number of amides is 2. The predicted molar refractivity (Wildman–Crippen MR) is 187 cm³/mol. The van der Waals surface area contributed by atoms with Crippen LogP contribution in [-0.4, -0.2) is 62.0 Å². The molecule has 258 valence electrons. The molecule has 5 rings (SSSR count). The van der Waals surface area contributed by atoms with Crippen LogP contribution in [0, 0.1) is 5.92 Å². The summed E-state index contributed by atoms with van der Waals surface area (Å²) in [5.41, 5.74) is 3.74. The van der Waals surface area contributed by atoms with Crippen molar-refractivity contribution in [2.75, 3.05) is 33.9 Å². The van der Waals surface area contributed by atoms with Crippen molar-refractivity contribution in [3.63, 3.8) is 0 Å². The number of unbranched alkanes of at least 4 members (excludes halogenated alkanes) is 2. The summed E-state index contributed by atoms with van der Waals surface area (Å²) < 4.78 is 23.0. The van der Waals surface area contributed by atoms with E-state index in [1.807, 2.05) is 109 Å². The molecule has 0 aliphatic carbocycles. The van der Waals surface area contributed by atoms with Gasteiger partial charge in [-0.05, 0) is 59.4 Å². The van der Waals surface area contributed by atoms with E-state index in [9.17, 15) is 14.7 Å². The SMILES string of the molecule is COc1ccc(C(OC(c2ccccc2)C2CN(C(=O)CCCCCNC(=O)OCc3ccccc3)CC2O)c2ccc(OC)cc2)cc1. The molecule has 2 N–H and O–H groups in total. The largest absolute Gasteiger partial charge is 0.497 e. The van der Waals surface area contributed by atoms with Crippen molar-refractivity contribution in [2.45, 2.75) is 50.6 Å². The molecule has 0 saturated carbocycles. The third-order valence-electron chi connectivity index (χ3n) is 8.87. The first kappa shape index (κ1) is 35.4. The zero-order chi connectivity index (χ0) is 34.4. The van der Waals surface area contributed by atoms with Gasteiger partial charge in [0.15, 0.2) is 0 Å². The van der Waals surface area contributed by atoms with E-state index in [2.05, 4.69) is 5.32 Å². The van der Waals surface area contributed by atoms with Crippen LogP contribution in [0.4, 0.5) is 4.79 Å². The quantitative estimate of drug-likeness (QED) is 0.126. The van der Waals surface area contributed by atoms with Gasteiger partial charge in [-0.3, -0.25) is 4.79 Å². The van der Waals surface area contributed by atoms with Gasteiger partial charge in [0.1, 0.15) is 24.2 Å². The normalized spacial score (nSPS) is 16.3. The van der Waals surface area contributed by atoms with Crippen molar-refractivity contribution in [3.05, 3.63) is 131 Å². The Bertz CT molecular complexity index is 1540. The number of aliphatic hydroxyl groups excluding tert-OH is 1. The molecule has 1 fully saturated rings. The highest BCUT2D eigenvalue weighted by molar-refractivity contribution is 5.76. The van der Waals surface area contributed by atoms with E-state index in [1.54, 1.807) is 19.1 Å². The molecule has 3 atom stereocenters. The number of ether oxygens (including phenoxy) is 4. The van der Waals surface area contributed by atoms with E-state index in [0.717, 1.165) is 46.6 Å². The lowest BCUT2D eigenvalue weighted by molar-refractivity contribution is -0.130. The van der Waals surface area contributed by atoms with Gasteiger partial charge in [0, 0.05) is 32.0 Å². The van der Waals surface area contributed by atoms with Gasteiger partial charge < -0.3 is 34.3 Å². The number of alkyl carbamates (subject to hydrolysis) is 1. The second-order valence-corrected chi connectivity index (χ2v) is 12.2. The summed E-state index contributed by atoms with van der Waals surface area (Å²) in [6, 6.07) is 35.0. The third-order valence-corrected chi connectivity index (χ3v) is 8.87. The average Bonchev–Trinajstić information content (AvgIpc) is 3.54. The summed E-state index contributed by atoms with van der Waals surface area (Å²) >= 11 is 0. The molecule has 1 aliphatic rings. The lowest BCUT2D eigenvalue weighted by Gasteiger charge is -2.31. The molecule has 1 heterocycles. The molecular formula is C40H46N2O7. The van der Waals surface area contributed by atoms with Crippen LogP contribution in [0.2, 0.25) is 0 Å². The number of carbonyl (C=O) groups excluding carboxylic acids is 2. The Morgan fingerprint density at radius 2 is 1.35 bits per heavy atom. The highest BCUT2D eigenvalue weighted by Crippen LogP contribution is 2.40. The second-order valence-electron chi connectivity index (χ2n) is 12.2. The van der Waals surface area contributed by atoms with Crippen molar-refractivity contribution in [1.82, 2.24) is 10.2 Å². The van der Waals surface area contributed by atoms with Crippen LogP contribution in [0.5, 0.6) is 11.5 Å². The number of nitrogens with one attached hydrogen (secondary N) is 1. The predicted octanol–water partition coefficient (Wildman–Crippen LogP) is 6.86. The number of aliphatic hydroxyl groups is 1. The smallest absolute Gasteiger partial charge is 0.407 e. The molecule has 0 radical (unpaired) electrons. The van der Waals surface area contributed by atoms with Crippen LogP contribution in [0.3, 0.4) is 0 Å². The lowest BCUT2D eigenvalue weighted by atomic mass is 9.91. The first-order valence-corrected chi connectivity index (χ1v) is 16.8. The van der Waals surface area contributed by atoms with E-state index in [-0.39, 0.29) is 25.0 Å². The first-order valence-electron chi connectivity index (χ1n) is 16.8. The monoisotopic (exact) mass is 666 g/mol. The van der Waals surface area contributed by atoms with Gasteiger partial charge in [-0.15, -0.1) is 0 Å². The number of hydrogen-bond donors (Lipinski definition) is 2.